The molecule has 3 heterocycles. The second-order valence-electron chi connectivity index (χ2n) is 7.97. The van der Waals surface area contributed by atoms with Gasteiger partial charge in [0.2, 0.25) is 5.91 Å². The highest BCUT2D eigenvalue weighted by atomic mass is 19.4. The van der Waals surface area contributed by atoms with Crippen LogP contribution in [-0.2, 0) is 23.9 Å². The molecule has 0 unspecified atom stereocenters. The van der Waals surface area contributed by atoms with Crippen molar-refractivity contribution < 1.29 is 18.0 Å². The minimum absolute atomic E-state index is 0.0615. The third kappa shape index (κ3) is 5.49. The number of hydrogen-bond donors (Lipinski definition) is 0. The van der Waals surface area contributed by atoms with E-state index in [2.05, 4.69) is 20.5 Å². The number of aryl methyl sites for hydroxylation is 1. The summed E-state index contributed by atoms with van der Waals surface area (Å²) in [5, 5.41) is 10.9. The molecule has 7 nitrogen and oxygen atoms in total. The minimum atomic E-state index is -4.35. The fourth-order valence-electron chi connectivity index (χ4n) is 3.97. The first-order valence-electron chi connectivity index (χ1n) is 10.5. The molecule has 2 aromatic heterocycles. The standard InChI is InChI=1S/C22H23F3N6O/c23-22(24,25)19-5-1-3-16(12-19)11-17-6-7-20(26-13-17)18-4-2-9-30(14-18)21(32)8-10-31-15-27-28-29-31/h1,3,5-7,12-13,15,18H,2,4,8-11,14H2/t18-/m1/s1. The highest BCUT2D eigenvalue weighted by Crippen LogP contribution is 2.30. The smallest absolute Gasteiger partial charge is 0.342 e. The van der Waals surface area contributed by atoms with E-state index in [1.54, 1.807) is 12.3 Å². The molecule has 0 saturated carbocycles. The van der Waals surface area contributed by atoms with Gasteiger partial charge in [-0.05, 0) is 52.9 Å². The van der Waals surface area contributed by atoms with Crippen LogP contribution in [0.3, 0.4) is 0 Å². The zero-order valence-corrected chi connectivity index (χ0v) is 17.4. The third-order valence-electron chi connectivity index (χ3n) is 5.65. The Hall–Kier alpha value is -3.30. The largest absolute Gasteiger partial charge is 0.416 e. The molecule has 4 rings (SSSR count). The van der Waals surface area contributed by atoms with Crippen LogP contribution in [-0.4, -0.2) is 49.1 Å². The molecule has 1 aromatic carbocycles. The predicted molar refractivity (Wildman–Crippen MR) is 109 cm³/mol. The molecule has 168 valence electrons. The second kappa shape index (κ2) is 9.46. The lowest BCUT2D eigenvalue weighted by molar-refractivity contribution is -0.137. The van der Waals surface area contributed by atoms with Crippen LogP contribution in [0.2, 0.25) is 0 Å². The Bertz CT molecular complexity index is 1040. The monoisotopic (exact) mass is 444 g/mol. The number of pyridine rings is 1. The van der Waals surface area contributed by atoms with Crippen molar-refractivity contribution in [3.05, 3.63) is 71.3 Å². The van der Waals surface area contributed by atoms with Crippen LogP contribution in [0.15, 0.2) is 48.9 Å². The summed E-state index contributed by atoms with van der Waals surface area (Å²) in [5.74, 6) is 0.203. The molecule has 0 radical (unpaired) electrons. The lowest BCUT2D eigenvalue weighted by atomic mass is 9.93. The number of nitrogens with zero attached hydrogens (tertiary/aromatic N) is 6. The molecule has 1 saturated heterocycles. The van der Waals surface area contributed by atoms with Gasteiger partial charge in [-0.2, -0.15) is 13.2 Å². The Kier molecular flexibility index (Phi) is 6.48. The van der Waals surface area contributed by atoms with Crippen LogP contribution in [0.1, 0.15) is 47.6 Å². The number of tetrazole rings is 1. The highest BCUT2D eigenvalue weighted by Gasteiger charge is 2.30. The summed E-state index contributed by atoms with van der Waals surface area (Å²) >= 11 is 0. The molecule has 1 aliphatic heterocycles. The number of alkyl halides is 3. The molecular weight excluding hydrogens is 421 g/mol. The van der Waals surface area contributed by atoms with Crippen molar-refractivity contribution in [3.8, 4) is 0 Å². The maximum absolute atomic E-state index is 12.9. The average Bonchev–Trinajstić information content (AvgIpc) is 3.31. The first kappa shape index (κ1) is 21.9. The predicted octanol–water partition coefficient (Wildman–Crippen LogP) is 3.47. The van der Waals surface area contributed by atoms with E-state index in [0.29, 0.717) is 31.5 Å². The number of hydrogen-bond acceptors (Lipinski definition) is 5. The second-order valence-corrected chi connectivity index (χ2v) is 7.97. The summed E-state index contributed by atoms with van der Waals surface area (Å²) in [7, 11) is 0. The number of benzene rings is 1. The van der Waals surface area contributed by atoms with E-state index in [1.807, 2.05) is 17.0 Å². The Morgan fingerprint density at radius 2 is 2.03 bits per heavy atom. The number of piperidine rings is 1. The minimum Gasteiger partial charge on any atom is -0.342 e. The van der Waals surface area contributed by atoms with Gasteiger partial charge in [-0.1, -0.05) is 24.3 Å². The van der Waals surface area contributed by atoms with E-state index in [4.69, 9.17) is 0 Å². The van der Waals surface area contributed by atoms with Gasteiger partial charge in [0.15, 0.2) is 0 Å². The lowest BCUT2D eigenvalue weighted by Gasteiger charge is -2.32. The van der Waals surface area contributed by atoms with Gasteiger partial charge in [0.25, 0.3) is 0 Å². The fourth-order valence-corrected chi connectivity index (χ4v) is 3.97. The van der Waals surface area contributed by atoms with Crippen molar-refractivity contribution in [2.24, 2.45) is 0 Å². The number of amides is 1. The number of carbonyl (C=O) groups is 1. The van der Waals surface area contributed by atoms with Crippen LogP contribution in [0, 0.1) is 0 Å². The molecular formula is C22H23F3N6O. The van der Waals surface area contributed by atoms with Crippen LogP contribution in [0.4, 0.5) is 13.2 Å². The van der Waals surface area contributed by atoms with Crippen molar-refractivity contribution in [2.75, 3.05) is 13.1 Å². The molecule has 0 bridgehead atoms. The Balaban J connectivity index is 1.35. The average molecular weight is 444 g/mol. The van der Waals surface area contributed by atoms with Crippen LogP contribution in [0.5, 0.6) is 0 Å². The summed E-state index contributed by atoms with van der Waals surface area (Å²) in [5.41, 5.74) is 1.69. The van der Waals surface area contributed by atoms with E-state index in [1.165, 1.54) is 23.1 Å². The maximum Gasteiger partial charge on any atom is 0.416 e. The molecule has 0 spiro atoms. The Labute approximate surface area is 183 Å². The summed E-state index contributed by atoms with van der Waals surface area (Å²) in [6.45, 7) is 1.77. The van der Waals surface area contributed by atoms with Crippen molar-refractivity contribution in [1.82, 2.24) is 30.1 Å². The summed E-state index contributed by atoms with van der Waals surface area (Å²) < 4.78 is 40.3. The lowest BCUT2D eigenvalue weighted by Crippen LogP contribution is -2.39. The molecule has 1 atom stereocenters. The summed E-state index contributed by atoms with van der Waals surface area (Å²) in [6, 6.07) is 9.18. The van der Waals surface area contributed by atoms with Crippen LogP contribution in [0.25, 0.3) is 0 Å². The van der Waals surface area contributed by atoms with E-state index < -0.39 is 11.7 Å². The van der Waals surface area contributed by atoms with Gasteiger partial charge >= 0.3 is 6.18 Å². The number of likely N-dealkylation sites (tertiary alicyclic amines) is 1. The molecule has 1 fully saturated rings. The van der Waals surface area contributed by atoms with Gasteiger partial charge in [-0.15, -0.1) is 5.10 Å². The quantitative estimate of drug-likeness (QED) is 0.582. The molecule has 32 heavy (non-hydrogen) atoms. The third-order valence-corrected chi connectivity index (χ3v) is 5.65. The molecule has 3 aromatic rings. The van der Waals surface area contributed by atoms with Gasteiger partial charge in [-0.25, -0.2) is 4.68 Å². The van der Waals surface area contributed by atoms with Crippen molar-refractivity contribution in [2.45, 2.75) is 44.3 Å². The molecule has 1 aliphatic rings. The zero-order valence-electron chi connectivity index (χ0n) is 17.4. The first-order chi connectivity index (χ1) is 15.4. The van der Waals surface area contributed by atoms with E-state index in [9.17, 15) is 18.0 Å². The summed E-state index contributed by atoms with van der Waals surface area (Å²) in [6.07, 6.45) is 1.40. The van der Waals surface area contributed by atoms with Gasteiger partial charge in [0, 0.05) is 37.3 Å². The highest BCUT2D eigenvalue weighted by molar-refractivity contribution is 5.76. The number of carbonyl (C=O) groups excluding carboxylic acids is 1. The van der Waals surface area contributed by atoms with E-state index in [-0.39, 0.29) is 11.8 Å². The molecule has 0 N–H and O–H groups in total. The van der Waals surface area contributed by atoms with Crippen molar-refractivity contribution in [3.63, 3.8) is 0 Å². The van der Waals surface area contributed by atoms with E-state index >= 15 is 0 Å². The van der Waals surface area contributed by atoms with Crippen LogP contribution < -0.4 is 0 Å². The zero-order chi connectivity index (χ0) is 22.6. The van der Waals surface area contributed by atoms with Gasteiger partial charge in [0.05, 0.1) is 12.1 Å². The van der Waals surface area contributed by atoms with Gasteiger partial charge in [0.1, 0.15) is 6.33 Å². The summed E-state index contributed by atoms with van der Waals surface area (Å²) in [4.78, 5) is 19.0. The number of halogens is 3. The Morgan fingerprint density at radius 3 is 2.75 bits per heavy atom. The fraction of sp³-hybridized carbons (Fsp3) is 0.409. The number of rotatable bonds is 6. The topological polar surface area (TPSA) is 76.8 Å². The normalized spacial score (nSPS) is 16.8. The SMILES string of the molecule is O=C(CCn1cnnn1)N1CCC[C@@H](c2ccc(Cc3cccc(C(F)(F)F)c3)cn2)C1. The van der Waals surface area contributed by atoms with Crippen molar-refractivity contribution >= 4 is 5.91 Å². The van der Waals surface area contributed by atoms with Crippen LogP contribution >= 0.6 is 0 Å². The van der Waals surface area contributed by atoms with Gasteiger partial charge in [-0.3, -0.25) is 9.78 Å². The molecule has 1 amide bonds. The first-order valence-corrected chi connectivity index (χ1v) is 10.5. The Morgan fingerprint density at radius 1 is 1.16 bits per heavy atom. The van der Waals surface area contributed by atoms with E-state index in [0.717, 1.165) is 36.7 Å². The molecule has 0 aliphatic carbocycles. The molecule has 10 heteroatoms. The van der Waals surface area contributed by atoms with Crippen molar-refractivity contribution in [1.29, 1.82) is 0 Å². The maximum atomic E-state index is 12.9. The van der Waals surface area contributed by atoms with Gasteiger partial charge < -0.3 is 4.90 Å². The number of aromatic nitrogens is 5.